The number of aryl methyl sites for hydroxylation is 1. The van der Waals surface area contributed by atoms with Crippen molar-refractivity contribution in [1.82, 2.24) is 0 Å². The van der Waals surface area contributed by atoms with Gasteiger partial charge >= 0.3 is 0 Å². The molecule has 1 aliphatic heterocycles. The fourth-order valence-electron chi connectivity index (χ4n) is 2.65. The van der Waals surface area contributed by atoms with Crippen LogP contribution in [0.3, 0.4) is 0 Å². The van der Waals surface area contributed by atoms with Gasteiger partial charge in [-0.25, -0.2) is 4.39 Å². The van der Waals surface area contributed by atoms with Crippen molar-refractivity contribution in [3.05, 3.63) is 59.4 Å². The van der Waals surface area contributed by atoms with Crippen molar-refractivity contribution in [1.29, 1.82) is 0 Å². The molecule has 0 saturated heterocycles. The number of nitrogens with zero attached hydrogens (tertiary/aromatic N) is 1. The van der Waals surface area contributed by atoms with Gasteiger partial charge in [0, 0.05) is 17.8 Å². The average molecular weight is 255 g/mol. The molecule has 1 aliphatic rings. The number of aldehydes is 1. The zero-order valence-corrected chi connectivity index (χ0v) is 10.5. The molecule has 0 fully saturated rings. The molecule has 0 aliphatic carbocycles. The van der Waals surface area contributed by atoms with Gasteiger partial charge in [0.05, 0.1) is 5.69 Å². The Morgan fingerprint density at radius 2 is 1.95 bits per heavy atom. The van der Waals surface area contributed by atoms with Gasteiger partial charge in [0.25, 0.3) is 0 Å². The van der Waals surface area contributed by atoms with E-state index in [2.05, 4.69) is 11.0 Å². The van der Waals surface area contributed by atoms with Crippen molar-refractivity contribution < 1.29 is 9.18 Å². The molecule has 0 amide bonds. The van der Waals surface area contributed by atoms with Gasteiger partial charge in [0.15, 0.2) is 6.29 Å². The van der Waals surface area contributed by atoms with E-state index in [0.717, 1.165) is 37.0 Å². The fourth-order valence-corrected chi connectivity index (χ4v) is 2.65. The summed E-state index contributed by atoms with van der Waals surface area (Å²) < 4.78 is 13.2. The van der Waals surface area contributed by atoms with Crippen LogP contribution in [-0.4, -0.2) is 12.8 Å². The van der Waals surface area contributed by atoms with Crippen LogP contribution in [-0.2, 0) is 6.42 Å². The second kappa shape index (κ2) is 4.84. The van der Waals surface area contributed by atoms with Gasteiger partial charge in [-0.15, -0.1) is 0 Å². The Balaban J connectivity index is 2.11. The first-order valence-electron chi connectivity index (χ1n) is 6.40. The Labute approximate surface area is 111 Å². The summed E-state index contributed by atoms with van der Waals surface area (Å²) in [6.07, 6.45) is 2.80. The number of benzene rings is 2. The van der Waals surface area contributed by atoms with Crippen LogP contribution in [0.15, 0.2) is 42.5 Å². The first-order chi connectivity index (χ1) is 9.29. The van der Waals surface area contributed by atoms with Crippen molar-refractivity contribution in [2.24, 2.45) is 0 Å². The van der Waals surface area contributed by atoms with Gasteiger partial charge in [0.2, 0.25) is 0 Å². The van der Waals surface area contributed by atoms with Crippen LogP contribution in [0.4, 0.5) is 15.8 Å². The highest BCUT2D eigenvalue weighted by molar-refractivity contribution is 5.87. The Kier molecular flexibility index (Phi) is 3.03. The van der Waals surface area contributed by atoms with Crippen LogP contribution in [0.5, 0.6) is 0 Å². The van der Waals surface area contributed by atoms with Gasteiger partial charge < -0.3 is 4.90 Å². The SMILES string of the molecule is O=Cc1cc(F)ccc1N1CCCc2ccccc21. The Morgan fingerprint density at radius 3 is 2.79 bits per heavy atom. The third-order valence-corrected chi connectivity index (χ3v) is 3.52. The minimum atomic E-state index is -0.379. The van der Waals surface area contributed by atoms with E-state index in [1.807, 2.05) is 18.2 Å². The van der Waals surface area contributed by atoms with Crippen molar-refractivity contribution in [3.63, 3.8) is 0 Å². The lowest BCUT2D eigenvalue weighted by atomic mass is 10.00. The minimum Gasteiger partial charge on any atom is -0.341 e. The van der Waals surface area contributed by atoms with Crippen LogP contribution < -0.4 is 4.90 Å². The minimum absolute atomic E-state index is 0.379. The van der Waals surface area contributed by atoms with E-state index in [9.17, 15) is 9.18 Å². The van der Waals surface area contributed by atoms with Crippen molar-refractivity contribution in [2.45, 2.75) is 12.8 Å². The molecule has 0 bridgehead atoms. The lowest BCUT2D eigenvalue weighted by molar-refractivity contribution is 0.112. The Bertz CT molecular complexity index is 624. The molecule has 0 spiro atoms. The highest BCUT2D eigenvalue weighted by Gasteiger charge is 2.19. The maximum absolute atomic E-state index is 13.2. The van der Waals surface area contributed by atoms with Crippen LogP contribution >= 0.6 is 0 Å². The predicted molar refractivity (Wildman–Crippen MR) is 73.6 cm³/mol. The van der Waals surface area contributed by atoms with Gasteiger partial charge in [-0.05, 0) is 42.7 Å². The number of para-hydroxylation sites is 1. The molecule has 96 valence electrons. The number of carbonyl (C=O) groups is 1. The molecule has 0 saturated carbocycles. The molecule has 0 unspecified atom stereocenters. The summed E-state index contributed by atoms with van der Waals surface area (Å²) in [5.74, 6) is -0.379. The lowest BCUT2D eigenvalue weighted by Crippen LogP contribution is -2.25. The summed E-state index contributed by atoms with van der Waals surface area (Å²) in [4.78, 5) is 13.2. The number of halogens is 1. The number of carbonyl (C=O) groups excluding carboxylic acids is 1. The smallest absolute Gasteiger partial charge is 0.152 e. The van der Waals surface area contributed by atoms with Gasteiger partial charge in [-0.2, -0.15) is 0 Å². The van der Waals surface area contributed by atoms with Gasteiger partial charge in [-0.1, -0.05) is 18.2 Å². The molecular formula is C16H14FNO. The van der Waals surface area contributed by atoms with E-state index in [4.69, 9.17) is 0 Å². The standard InChI is InChI=1S/C16H14FNO/c17-14-7-8-16(13(10-14)11-19)18-9-3-5-12-4-1-2-6-15(12)18/h1-2,4,6-8,10-11H,3,5,9H2. The summed E-state index contributed by atoms with van der Waals surface area (Å²) in [5.41, 5.74) is 3.57. The summed E-state index contributed by atoms with van der Waals surface area (Å²) in [7, 11) is 0. The molecule has 0 radical (unpaired) electrons. The third kappa shape index (κ3) is 2.12. The van der Waals surface area contributed by atoms with E-state index >= 15 is 0 Å². The van der Waals surface area contributed by atoms with Crippen molar-refractivity contribution in [2.75, 3.05) is 11.4 Å². The van der Waals surface area contributed by atoms with Crippen molar-refractivity contribution >= 4 is 17.7 Å². The number of hydrogen-bond donors (Lipinski definition) is 0. The predicted octanol–water partition coefficient (Wildman–Crippen LogP) is 3.72. The first-order valence-corrected chi connectivity index (χ1v) is 6.40. The number of rotatable bonds is 2. The molecule has 19 heavy (non-hydrogen) atoms. The maximum atomic E-state index is 13.2. The van der Waals surface area contributed by atoms with Crippen LogP contribution in [0.1, 0.15) is 22.3 Å². The highest BCUT2D eigenvalue weighted by atomic mass is 19.1. The average Bonchev–Trinajstić information content (AvgIpc) is 2.46. The van der Waals surface area contributed by atoms with E-state index < -0.39 is 0 Å². The summed E-state index contributed by atoms with van der Waals surface area (Å²) in [6, 6.07) is 12.5. The van der Waals surface area contributed by atoms with Gasteiger partial charge in [0.1, 0.15) is 5.82 Å². The molecule has 1 heterocycles. The van der Waals surface area contributed by atoms with E-state index in [1.54, 1.807) is 6.07 Å². The second-order valence-corrected chi connectivity index (χ2v) is 4.70. The maximum Gasteiger partial charge on any atom is 0.152 e. The fraction of sp³-hybridized carbons (Fsp3) is 0.188. The largest absolute Gasteiger partial charge is 0.341 e. The molecule has 2 nitrogen and oxygen atoms in total. The lowest BCUT2D eigenvalue weighted by Gasteiger charge is -2.32. The van der Waals surface area contributed by atoms with Crippen LogP contribution in [0.25, 0.3) is 0 Å². The normalized spacial score (nSPS) is 14.1. The topological polar surface area (TPSA) is 20.3 Å². The Morgan fingerprint density at radius 1 is 1.11 bits per heavy atom. The number of fused-ring (bicyclic) bond motifs is 1. The molecule has 3 rings (SSSR count). The number of hydrogen-bond acceptors (Lipinski definition) is 2. The molecule has 0 atom stereocenters. The zero-order chi connectivity index (χ0) is 13.2. The van der Waals surface area contributed by atoms with Gasteiger partial charge in [-0.3, -0.25) is 4.79 Å². The van der Waals surface area contributed by atoms with E-state index in [-0.39, 0.29) is 5.82 Å². The van der Waals surface area contributed by atoms with Crippen LogP contribution in [0, 0.1) is 5.82 Å². The molecule has 2 aromatic rings. The quantitative estimate of drug-likeness (QED) is 0.762. The Hall–Kier alpha value is -2.16. The molecule has 0 N–H and O–H groups in total. The molecule has 0 aromatic heterocycles. The zero-order valence-electron chi connectivity index (χ0n) is 10.5. The molecular weight excluding hydrogens is 241 g/mol. The monoisotopic (exact) mass is 255 g/mol. The van der Waals surface area contributed by atoms with Crippen LogP contribution in [0.2, 0.25) is 0 Å². The number of anilines is 2. The highest BCUT2D eigenvalue weighted by Crippen LogP contribution is 2.34. The second-order valence-electron chi connectivity index (χ2n) is 4.70. The third-order valence-electron chi connectivity index (χ3n) is 3.52. The van der Waals surface area contributed by atoms with E-state index in [1.165, 1.54) is 17.7 Å². The van der Waals surface area contributed by atoms with E-state index in [0.29, 0.717) is 5.56 Å². The molecule has 2 aromatic carbocycles. The van der Waals surface area contributed by atoms with Crippen molar-refractivity contribution in [3.8, 4) is 0 Å². The summed E-state index contributed by atoms with van der Waals surface area (Å²) in [6.45, 7) is 0.851. The first kappa shape index (κ1) is 11.9. The summed E-state index contributed by atoms with van der Waals surface area (Å²) in [5, 5.41) is 0. The summed E-state index contributed by atoms with van der Waals surface area (Å²) >= 11 is 0. The molecule has 3 heteroatoms.